The zero-order valence-electron chi connectivity index (χ0n) is 20.6. The SMILES string of the molecule is CNC(=O)c1c(C)oc2cc(Oc3ccnn4cc(C(=O)N5CCC6(CCCO6)C5)c(C)c34)ccc12. The van der Waals surface area contributed by atoms with Crippen molar-refractivity contribution in [1.29, 1.82) is 0 Å². The van der Waals surface area contributed by atoms with Crippen LogP contribution in [0.4, 0.5) is 0 Å². The Bertz CT molecular complexity index is 1510. The van der Waals surface area contributed by atoms with Crippen LogP contribution in [0.2, 0.25) is 0 Å². The van der Waals surface area contributed by atoms with Crippen molar-refractivity contribution in [3.8, 4) is 11.5 Å². The molecule has 5 heterocycles. The summed E-state index contributed by atoms with van der Waals surface area (Å²) in [5, 5.41) is 7.79. The molecule has 1 aromatic carbocycles. The molecule has 1 unspecified atom stereocenters. The molecular formula is C27H28N4O5. The van der Waals surface area contributed by atoms with Gasteiger partial charge in [-0.05, 0) is 50.8 Å². The predicted molar refractivity (Wildman–Crippen MR) is 133 cm³/mol. The quantitative estimate of drug-likeness (QED) is 0.461. The van der Waals surface area contributed by atoms with Crippen LogP contribution in [0.5, 0.6) is 11.5 Å². The number of aryl methyl sites for hydroxylation is 2. The van der Waals surface area contributed by atoms with Gasteiger partial charge in [-0.3, -0.25) is 9.59 Å². The zero-order chi connectivity index (χ0) is 25.0. The molecule has 0 radical (unpaired) electrons. The normalized spacial score (nSPS) is 19.6. The maximum absolute atomic E-state index is 13.5. The van der Waals surface area contributed by atoms with Gasteiger partial charge in [0.25, 0.3) is 11.8 Å². The summed E-state index contributed by atoms with van der Waals surface area (Å²) in [5.74, 6) is 1.48. The maximum Gasteiger partial charge on any atom is 0.255 e. The number of hydrogen-bond donors (Lipinski definition) is 1. The van der Waals surface area contributed by atoms with E-state index in [1.54, 1.807) is 49.1 Å². The number of ether oxygens (including phenoxy) is 2. The van der Waals surface area contributed by atoms with Gasteiger partial charge in [-0.15, -0.1) is 0 Å². The zero-order valence-corrected chi connectivity index (χ0v) is 20.6. The topological polar surface area (TPSA) is 98.3 Å². The van der Waals surface area contributed by atoms with Crippen LogP contribution >= 0.6 is 0 Å². The molecule has 1 atom stereocenters. The van der Waals surface area contributed by atoms with Crippen molar-refractivity contribution in [2.75, 3.05) is 26.7 Å². The number of benzene rings is 1. The molecule has 2 aliphatic heterocycles. The van der Waals surface area contributed by atoms with Crippen LogP contribution in [0, 0.1) is 13.8 Å². The van der Waals surface area contributed by atoms with Crippen molar-refractivity contribution in [2.24, 2.45) is 0 Å². The molecule has 2 fully saturated rings. The highest BCUT2D eigenvalue weighted by Gasteiger charge is 2.43. The minimum Gasteiger partial charge on any atom is -0.460 e. The minimum atomic E-state index is -0.194. The van der Waals surface area contributed by atoms with E-state index in [0.29, 0.717) is 47.1 Å². The van der Waals surface area contributed by atoms with E-state index in [-0.39, 0.29) is 17.4 Å². The van der Waals surface area contributed by atoms with E-state index < -0.39 is 0 Å². The molecule has 0 aliphatic carbocycles. The third kappa shape index (κ3) is 3.53. The Hall–Kier alpha value is -3.85. The first-order chi connectivity index (χ1) is 17.4. The molecule has 1 N–H and O–H groups in total. The van der Waals surface area contributed by atoms with Crippen LogP contribution in [0.15, 0.2) is 41.1 Å². The lowest BCUT2D eigenvalue weighted by Gasteiger charge is -2.23. The Labute approximate surface area is 207 Å². The highest BCUT2D eigenvalue weighted by atomic mass is 16.5. The summed E-state index contributed by atoms with van der Waals surface area (Å²) in [7, 11) is 1.59. The molecule has 36 heavy (non-hydrogen) atoms. The monoisotopic (exact) mass is 488 g/mol. The number of carbonyl (C=O) groups is 2. The molecule has 0 saturated carbocycles. The van der Waals surface area contributed by atoms with Crippen LogP contribution in [0.1, 0.15) is 51.3 Å². The van der Waals surface area contributed by atoms with Gasteiger partial charge in [-0.25, -0.2) is 4.52 Å². The number of fused-ring (bicyclic) bond motifs is 2. The average Bonchev–Trinajstić information content (AvgIpc) is 3.65. The summed E-state index contributed by atoms with van der Waals surface area (Å²) >= 11 is 0. The summed E-state index contributed by atoms with van der Waals surface area (Å²) in [6, 6.07) is 7.16. The fourth-order valence-electron chi connectivity index (χ4n) is 5.58. The van der Waals surface area contributed by atoms with E-state index in [1.807, 2.05) is 17.9 Å². The van der Waals surface area contributed by atoms with E-state index in [2.05, 4.69) is 10.4 Å². The second kappa shape index (κ2) is 8.37. The van der Waals surface area contributed by atoms with Gasteiger partial charge in [0.15, 0.2) is 5.75 Å². The Balaban J connectivity index is 1.31. The van der Waals surface area contributed by atoms with Crippen LogP contribution < -0.4 is 10.1 Å². The Morgan fingerprint density at radius 1 is 1.19 bits per heavy atom. The Morgan fingerprint density at radius 3 is 2.83 bits per heavy atom. The van der Waals surface area contributed by atoms with E-state index in [4.69, 9.17) is 13.9 Å². The predicted octanol–water partition coefficient (Wildman–Crippen LogP) is 4.24. The van der Waals surface area contributed by atoms with Crippen LogP contribution in [0.25, 0.3) is 16.5 Å². The number of carbonyl (C=O) groups excluding carboxylic acids is 2. The number of hydrogen-bond acceptors (Lipinski definition) is 6. The van der Waals surface area contributed by atoms with Crippen molar-refractivity contribution in [2.45, 2.75) is 38.7 Å². The first-order valence-corrected chi connectivity index (χ1v) is 12.2. The third-order valence-corrected chi connectivity index (χ3v) is 7.43. The molecule has 1 spiro atoms. The second-order valence-electron chi connectivity index (χ2n) is 9.64. The van der Waals surface area contributed by atoms with Crippen LogP contribution in [0.3, 0.4) is 0 Å². The van der Waals surface area contributed by atoms with Crippen molar-refractivity contribution >= 4 is 28.3 Å². The van der Waals surface area contributed by atoms with Crippen molar-refractivity contribution in [3.05, 3.63) is 59.1 Å². The van der Waals surface area contributed by atoms with E-state index in [9.17, 15) is 9.59 Å². The summed E-state index contributed by atoms with van der Waals surface area (Å²) < 4.78 is 19.7. The molecule has 2 saturated heterocycles. The van der Waals surface area contributed by atoms with Crippen LogP contribution in [-0.2, 0) is 4.74 Å². The average molecular weight is 489 g/mol. The van der Waals surface area contributed by atoms with Gasteiger partial charge in [0.05, 0.1) is 29.5 Å². The molecule has 2 aliphatic rings. The minimum absolute atomic E-state index is 0.00876. The van der Waals surface area contributed by atoms with Gasteiger partial charge in [-0.2, -0.15) is 5.10 Å². The number of rotatable bonds is 4. The largest absolute Gasteiger partial charge is 0.460 e. The highest BCUT2D eigenvalue weighted by molar-refractivity contribution is 6.07. The standard InChI is InChI=1S/C27H28N4O5/c1-16-20(26(33)30-11-9-27(15-30)8-4-12-34-27)14-31-24(16)21(7-10-29-31)36-18-5-6-19-22(13-18)35-17(2)23(19)25(32)28-3/h5-7,10,13-14H,4,8-9,11-12,15H2,1-3H3,(H,28,32). The summed E-state index contributed by atoms with van der Waals surface area (Å²) in [6.45, 7) is 5.79. The lowest BCUT2D eigenvalue weighted by atomic mass is 10.00. The molecule has 0 bridgehead atoms. The second-order valence-corrected chi connectivity index (χ2v) is 9.64. The van der Waals surface area contributed by atoms with Crippen molar-refractivity contribution in [3.63, 3.8) is 0 Å². The van der Waals surface area contributed by atoms with E-state index in [0.717, 1.165) is 42.3 Å². The first kappa shape index (κ1) is 22.6. The number of furan rings is 1. The number of aromatic nitrogens is 2. The van der Waals surface area contributed by atoms with Gasteiger partial charge in [-0.1, -0.05) is 0 Å². The van der Waals surface area contributed by atoms with Crippen molar-refractivity contribution in [1.82, 2.24) is 19.8 Å². The molecule has 6 rings (SSSR count). The van der Waals surface area contributed by atoms with Gasteiger partial charge >= 0.3 is 0 Å². The van der Waals surface area contributed by atoms with E-state index in [1.165, 1.54) is 0 Å². The van der Waals surface area contributed by atoms with E-state index >= 15 is 0 Å². The van der Waals surface area contributed by atoms with Crippen LogP contribution in [-0.4, -0.2) is 58.7 Å². The number of nitrogens with one attached hydrogen (secondary N) is 1. The Morgan fingerprint density at radius 2 is 2.06 bits per heavy atom. The van der Waals surface area contributed by atoms with Gasteiger partial charge in [0.2, 0.25) is 0 Å². The first-order valence-electron chi connectivity index (χ1n) is 12.2. The summed E-state index contributed by atoms with van der Waals surface area (Å²) in [6.07, 6.45) is 6.37. The maximum atomic E-state index is 13.5. The smallest absolute Gasteiger partial charge is 0.255 e. The Kier molecular flexibility index (Phi) is 5.26. The van der Waals surface area contributed by atoms with Gasteiger partial charge < -0.3 is 24.1 Å². The number of amides is 2. The lowest BCUT2D eigenvalue weighted by Crippen LogP contribution is -2.35. The summed E-state index contributed by atoms with van der Waals surface area (Å²) in [4.78, 5) is 27.6. The highest BCUT2D eigenvalue weighted by Crippen LogP contribution is 2.37. The number of likely N-dealkylation sites (tertiary alicyclic amines) is 1. The molecule has 3 aromatic heterocycles. The third-order valence-electron chi connectivity index (χ3n) is 7.43. The molecule has 9 heteroatoms. The molecule has 9 nitrogen and oxygen atoms in total. The fraction of sp³-hybridized carbons (Fsp3) is 0.370. The van der Waals surface area contributed by atoms with Crippen molar-refractivity contribution < 1.29 is 23.5 Å². The number of nitrogens with zero attached hydrogens (tertiary/aromatic N) is 3. The molecule has 2 amide bonds. The molecular weight excluding hydrogens is 460 g/mol. The molecule has 4 aromatic rings. The van der Waals surface area contributed by atoms with Gasteiger partial charge in [0.1, 0.15) is 22.6 Å². The fourth-order valence-corrected chi connectivity index (χ4v) is 5.58. The summed E-state index contributed by atoms with van der Waals surface area (Å²) in [5.41, 5.74) is 3.06. The lowest BCUT2D eigenvalue weighted by molar-refractivity contribution is 0.0127. The molecule has 186 valence electrons. The van der Waals surface area contributed by atoms with Gasteiger partial charge in [0, 0.05) is 43.9 Å².